The molecule has 1 aliphatic heterocycles. The Kier molecular flexibility index (Phi) is 6.85. The molecule has 1 saturated heterocycles. The van der Waals surface area contributed by atoms with E-state index in [9.17, 15) is 8.42 Å². The second-order valence-electron chi connectivity index (χ2n) is 7.85. The molecule has 7 nitrogen and oxygen atoms in total. The number of sulfonamides is 1. The average molecular weight is 475 g/mol. The van der Waals surface area contributed by atoms with Gasteiger partial charge in [-0.05, 0) is 36.8 Å². The molecule has 0 spiro atoms. The van der Waals surface area contributed by atoms with Crippen LogP contribution in [0.25, 0.3) is 0 Å². The summed E-state index contributed by atoms with van der Waals surface area (Å²) in [7, 11) is -1.96. The van der Waals surface area contributed by atoms with Crippen LogP contribution in [0.3, 0.4) is 0 Å². The number of piperazine rings is 1. The van der Waals surface area contributed by atoms with Crippen molar-refractivity contribution in [3.8, 4) is 5.75 Å². The molecule has 0 N–H and O–H groups in total. The summed E-state index contributed by atoms with van der Waals surface area (Å²) in [6.45, 7) is 5.37. The van der Waals surface area contributed by atoms with E-state index < -0.39 is 10.0 Å². The molecular formula is C23H27ClN4O3S. The van der Waals surface area contributed by atoms with Gasteiger partial charge in [0.15, 0.2) is 0 Å². The van der Waals surface area contributed by atoms with Crippen LogP contribution in [-0.4, -0.2) is 60.7 Å². The van der Waals surface area contributed by atoms with Crippen molar-refractivity contribution in [1.29, 1.82) is 0 Å². The molecule has 0 aliphatic carbocycles. The van der Waals surface area contributed by atoms with Crippen LogP contribution in [0, 0.1) is 6.92 Å². The van der Waals surface area contributed by atoms with Crippen molar-refractivity contribution in [1.82, 2.24) is 19.0 Å². The van der Waals surface area contributed by atoms with Crippen LogP contribution in [0.4, 0.5) is 0 Å². The Morgan fingerprint density at radius 3 is 2.25 bits per heavy atom. The zero-order chi connectivity index (χ0) is 22.7. The first-order valence-electron chi connectivity index (χ1n) is 10.5. The SMILES string of the molecule is COc1ccc(S(=O)(=O)N2CCN(Cc3c(C)nn(Cc4ccccc4)c3Cl)CC2)cc1. The standard InChI is InChI=1S/C23H27ClN4O3S/c1-18-22(23(24)28(25-18)16-19-6-4-3-5-7-19)17-26-12-14-27(15-13-26)32(29,30)21-10-8-20(31-2)9-11-21/h3-11H,12-17H2,1-2H3. The molecule has 0 bridgehead atoms. The average Bonchev–Trinajstić information content (AvgIpc) is 3.07. The van der Waals surface area contributed by atoms with E-state index in [2.05, 4.69) is 22.1 Å². The van der Waals surface area contributed by atoms with E-state index in [4.69, 9.17) is 16.3 Å². The van der Waals surface area contributed by atoms with Gasteiger partial charge in [0.1, 0.15) is 10.9 Å². The van der Waals surface area contributed by atoms with Crippen molar-refractivity contribution in [2.24, 2.45) is 0 Å². The smallest absolute Gasteiger partial charge is 0.243 e. The third-order valence-corrected chi connectivity index (χ3v) is 8.10. The zero-order valence-corrected chi connectivity index (χ0v) is 19.8. The third kappa shape index (κ3) is 4.83. The number of methoxy groups -OCH3 is 1. The lowest BCUT2D eigenvalue weighted by Crippen LogP contribution is -2.48. The molecule has 0 amide bonds. The summed E-state index contributed by atoms with van der Waals surface area (Å²) in [4.78, 5) is 2.51. The molecule has 170 valence electrons. The summed E-state index contributed by atoms with van der Waals surface area (Å²) in [5, 5.41) is 5.26. The molecule has 0 radical (unpaired) electrons. The fourth-order valence-corrected chi connectivity index (χ4v) is 5.60. The zero-order valence-electron chi connectivity index (χ0n) is 18.2. The van der Waals surface area contributed by atoms with Gasteiger partial charge in [-0.25, -0.2) is 13.1 Å². The third-order valence-electron chi connectivity index (χ3n) is 5.77. The fourth-order valence-electron chi connectivity index (χ4n) is 3.88. The van der Waals surface area contributed by atoms with Gasteiger partial charge in [-0.1, -0.05) is 41.9 Å². The van der Waals surface area contributed by atoms with Gasteiger partial charge in [-0.2, -0.15) is 9.40 Å². The first kappa shape index (κ1) is 22.8. The lowest BCUT2D eigenvalue weighted by molar-refractivity contribution is 0.181. The Hall–Kier alpha value is -2.39. The van der Waals surface area contributed by atoms with Crippen molar-refractivity contribution >= 4 is 21.6 Å². The molecule has 1 fully saturated rings. The topological polar surface area (TPSA) is 67.7 Å². The number of aryl methyl sites for hydroxylation is 1. The number of rotatable bonds is 7. The van der Waals surface area contributed by atoms with Crippen LogP contribution in [0.2, 0.25) is 5.15 Å². The van der Waals surface area contributed by atoms with Crippen LogP contribution < -0.4 is 4.74 Å². The van der Waals surface area contributed by atoms with Gasteiger partial charge in [-0.3, -0.25) is 4.90 Å². The molecule has 1 aliphatic rings. The number of hydrogen-bond donors (Lipinski definition) is 0. The van der Waals surface area contributed by atoms with Gasteiger partial charge < -0.3 is 4.74 Å². The Morgan fingerprint density at radius 1 is 0.969 bits per heavy atom. The monoisotopic (exact) mass is 474 g/mol. The van der Waals surface area contributed by atoms with E-state index in [0.717, 1.165) is 16.8 Å². The molecule has 32 heavy (non-hydrogen) atoms. The molecule has 1 aromatic heterocycles. The van der Waals surface area contributed by atoms with Crippen LogP contribution in [0.1, 0.15) is 16.8 Å². The minimum atomic E-state index is -3.52. The summed E-state index contributed by atoms with van der Waals surface area (Å²) in [5.41, 5.74) is 3.04. The highest BCUT2D eigenvalue weighted by atomic mass is 35.5. The molecule has 9 heteroatoms. The Balaban J connectivity index is 1.40. The quantitative estimate of drug-likeness (QED) is 0.525. The van der Waals surface area contributed by atoms with Crippen LogP contribution >= 0.6 is 11.6 Å². The van der Waals surface area contributed by atoms with Gasteiger partial charge in [0.2, 0.25) is 10.0 Å². The van der Waals surface area contributed by atoms with E-state index >= 15 is 0 Å². The first-order valence-corrected chi connectivity index (χ1v) is 12.3. The minimum Gasteiger partial charge on any atom is -0.497 e. The van der Waals surface area contributed by atoms with E-state index in [1.54, 1.807) is 35.7 Å². The number of benzene rings is 2. The highest BCUT2D eigenvalue weighted by Crippen LogP contribution is 2.25. The number of nitrogens with zero attached hydrogens (tertiary/aromatic N) is 4. The summed E-state index contributed by atoms with van der Waals surface area (Å²) < 4.78 is 34.4. The Labute approximate surface area is 194 Å². The molecule has 4 rings (SSSR count). The van der Waals surface area contributed by atoms with Crippen LogP contribution in [0.5, 0.6) is 5.75 Å². The molecule has 3 aromatic rings. The van der Waals surface area contributed by atoms with Crippen molar-refractivity contribution in [3.05, 3.63) is 76.6 Å². The van der Waals surface area contributed by atoms with Crippen molar-refractivity contribution in [2.75, 3.05) is 33.3 Å². The lowest BCUT2D eigenvalue weighted by atomic mass is 10.2. The Bertz CT molecular complexity index is 1160. The second kappa shape index (κ2) is 9.62. The number of aromatic nitrogens is 2. The maximum atomic E-state index is 13.0. The number of halogens is 1. The molecule has 0 unspecified atom stereocenters. The van der Waals surface area contributed by atoms with Gasteiger partial charge in [-0.15, -0.1) is 0 Å². The first-order chi connectivity index (χ1) is 15.4. The number of hydrogen-bond acceptors (Lipinski definition) is 5. The predicted octanol–water partition coefficient (Wildman–Crippen LogP) is 3.41. The highest BCUT2D eigenvalue weighted by Gasteiger charge is 2.29. The largest absolute Gasteiger partial charge is 0.497 e. The van der Waals surface area contributed by atoms with Crippen LogP contribution in [-0.2, 0) is 23.1 Å². The summed E-state index contributed by atoms with van der Waals surface area (Å²) in [6.07, 6.45) is 0. The van der Waals surface area contributed by atoms with Gasteiger partial charge in [0, 0.05) is 38.3 Å². The van der Waals surface area contributed by atoms with Gasteiger partial charge in [0.25, 0.3) is 0 Å². The normalized spacial score (nSPS) is 15.7. The second-order valence-corrected chi connectivity index (χ2v) is 10.1. The van der Waals surface area contributed by atoms with Crippen molar-refractivity contribution in [3.63, 3.8) is 0 Å². The summed E-state index contributed by atoms with van der Waals surface area (Å²) >= 11 is 6.66. The molecule has 0 atom stereocenters. The van der Waals surface area contributed by atoms with Gasteiger partial charge >= 0.3 is 0 Å². The van der Waals surface area contributed by atoms with Crippen molar-refractivity contribution in [2.45, 2.75) is 24.9 Å². The minimum absolute atomic E-state index is 0.285. The van der Waals surface area contributed by atoms with E-state index in [-0.39, 0.29) is 4.90 Å². The highest BCUT2D eigenvalue weighted by molar-refractivity contribution is 7.89. The summed E-state index contributed by atoms with van der Waals surface area (Å²) in [5.74, 6) is 0.633. The van der Waals surface area contributed by atoms with E-state index in [1.807, 2.05) is 29.8 Å². The molecule has 2 aromatic carbocycles. The van der Waals surface area contributed by atoms with Gasteiger partial charge in [0.05, 0.1) is 24.2 Å². The maximum Gasteiger partial charge on any atom is 0.243 e. The van der Waals surface area contributed by atoms with Crippen molar-refractivity contribution < 1.29 is 13.2 Å². The predicted molar refractivity (Wildman–Crippen MR) is 125 cm³/mol. The summed E-state index contributed by atoms with van der Waals surface area (Å²) in [6, 6.07) is 16.6. The van der Waals surface area contributed by atoms with E-state index in [0.29, 0.717) is 50.2 Å². The number of ether oxygens (including phenoxy) is 1. The van der Waals surface area contributed by atoms with Crippen LogP contribution in [0.15, 0.2) is 59.5 Å². The van der Waals surface area contributed by atoms with E-state index in [1.165, 1.54) is 0 Å². The molecular weight excluding hydrogens is 448 g/mol. The molecule has 0 saturated carbocycles. The Morgan fingerprint density at radius 2 is 1.62 bits per heavy atom. The molecule has 2 heterocycles. The lowest BCUT2D eigenvalue weighted by Gasteiger charge is -2.34. The fraction of sp³-hybridized carbons (Fsp3) is 0.348. The maximum absolute atomic E-state index is 13.0.